The van der Waals surface area contributed by atoms with Gasteiger partial charge in [-0.15, -0.1) is 23.7 Å². The average Bonchev–Trinajstić information content (AvgIpc) is 3.49. The fourth-order valence-corrected chi connectivity index (χ4v) is 6.05. The van der Waals surface area contributed by atoms with Gasteiger partial charge in [0.25, 0.3) is 11.8 Å². The van der Waals surface area contributed by atoms with E-state index in [2.05, 4.69) is 32.5 Å². The number of hydrogen-bond donors (Lipinski definition) is 3. The number of halogens is 2. The molecule has 2 aliphatic heterocycles. The van der Waals surface area contributed by atoms with Crippen molar-refractivity contribution >= 4 is 64.2 Å². The highest BCUT2D eigenvalue weighted by Gasteiger charge is 2.35. The summed E-state index contributed by atoms with van der Waals surface area (Å²) in [5.41, 5.74) is 2.14. The number of fused-ring (bicyclic) bond motifs is 2. The predicted molar refractivity (Wildman–Crippen MR) is 148 cm³/mol. The number of likely N-dealkylation sites (N-methyl/N-ethyl adjacent to an activating group) is 1. The van der Waals surface area contributed by atoms with E-state index in [1.807, 2.05) is 6.07 Å². The van der Waals surface area contributed by atoms with Gasteiger partial charge in [0.1, 0.15) is 5.69 Å². The topological polar surface area (TPSA) is 120 Å². The number of H-pyrrole nitrogens is 1. The maximum Gasteiger partial charge on any atom is 0.409 e. The predicted octanol–water partition coefficient (Wildman–Crippen LogP) is 3.45. The molecule has 0 radical (unpaired) electrons. The Labute approximate surface area is 235 Å². The Morgan fingerprint density at radius 2 is 1.97 bits per heavy atom. The number of thiazole rings is 1. The largest absolute Gasteiger partial charge is 0.450 e. The molecule has 1 fully saturated rings. The lowest BCUT2D eigenvalue weighted by molar-refractivity contribution is 0.0720. The summed E-state index contributed by atoms with van der Waals surface area (Å²) in [6.45, 7) is 4.32. The Kier molecular flexibility index (Phi) is 8.81. The van der Waals surface area contributed by atoms with Gasteiger partial charge in [0.15, 0.2) is 5.01 Å². The Balaban J connectivity index is 0.00000336. The first kappa shape index (κ1) is 28.2. The molecule has 13 heteroatoms. The summed E-state index contributed by atoms with van der Waals surface area (Å²) in [5, 5.41) is 7.89. The summed E-state index contributed by atoms with van der Waals surface area (Å²) in [5.74, 6) is -0.605. The molecule has 0 spiro atoms. The lowest BCUT2D eigenvalue weighted by Crippen LogP contribution is -2.61. The van der Waals surface area contributed by atoms with Crippen molar-refractivity contribution in [2.75, 3.05) is 33.3 Å². The average molecular weight is 582 g/mol. The third-order valence-corrected chi connectivity index (χ3v) is 8.03. The van der Waals surface area contributed by atoms with Crippen LogP contribution >= 0.6 is 35.3 Å². The molecule has 0 aliphatic carbocycles. The fourth-order valence-electron chi connectivity index (χ4n) is 4.77. The van der Waals surface area contributed by atoms with Crippen LogP contribution in [0, 0.1) is 0 Å². The van der Waals surface area contributed by atoms with Crippen molar-refractivity contribution in [3.63, 3.8) is 0 Å². The molecular formula is C25H30Cl2N6O4S. The number of ether oxygens (including phenoxy) is 1. The Hall–Kier alpha value is -2.86. The first-order chi connectivity index (χ1) is 17.8. The molecule has 10 nitrogen and oxygen atoms in total. The summed E-state index contributed by atoms with van der Waals surface area (Å²) >= 11 is 7.49. The number of aromatic amines is 1. The molecule has 38 heavy (non-hydrogen) atoms. The van der Waals surface area contributed by atoms with E-state index in [-0.39, 0.29) is 43.4 Å². The van der Waals surface area contributed by atoms with Crippen LogP contribution in [0.4, 0.5) is 4.79 Å². The van der Waals surface area contributed by atoms with E-state index in [9.17, 15) is 14.4 Å². The molecule has 3 aromatic rings. The second-order valence-corrected chi connectivity index (χ2v) is 10.9. The Bertz CT molecular complexity index is 1340. The van der Waals surface area contributed by atoms with Crippen molar-refractivity contribution in [2.24, 2.45) is 0 Å². The molecule has 0 bridgehead atoms. The summed E-state index contributed by atoms with van der Waals surface area (Å²) in [6.07, 6.45) is 0.844. The first-order valence-corrected chi connectivity index (χ1v) is 13.5. The quantitative estimate of drug-likeness (QED) is 0.425. The van der Waals surface area contributed by atoms with Crippen LogP contribution in [0.5, 0.6) is 0 Å². The first-order valence-electron chi connectivity index (χ1n) is 12.3. The minimum Gasteiger partial charge on any atom is -0.450 e. The molecular weight excluding hydrogens is 551 g/mol. The van der Waals surface area contributed by atoms with Crippen LogP contribution in [-0.4, -0.2) is 83.0 Å². The van der Waals surface area contributed by atoms with E-state index < -0.39 is 12.1 Å². The monoisotopic (exact) mass is 580 g/mol. The normalized spacial score (nSPS) is 19.4. The van der Waals surface area contributed by atoms with Crippen molar-refractivity contribution in [3.05, 3.63) is 50.6 Å². The van der Waals surface area contributed by atoms with Gasteiger partial charge in [0.2, 0.25) is 0 Å². The van der Waals surface area contributed by atoms with Crippen molar-refractivity contribution in [1.82, 2.24) is 30.4 Å². The Morgan fingerprint density at radius 1 is 1.18 bits per heavy atom. The lowest BCUT2D eigenvalue weighted by atomic mass is 9.99. The standard InChI is InChI=1S/C25H29ClN6O4S.ClH/c1-3-36-25(35)32-9-7-17(28-23(34)24-30-18-6-8-31(2)13-21(18)37-24)20(12-32)29-22(33)19-11-14-10-15(26)4-5-16(14)27-19;/h4-5,10-11,17,20,27H,3,6-9,12-13H2,1-2H3,(H,28,34)(H,29,33);1H. The van der Waals surface area contributed by atoms with E-state index >= 15 is 0 Å². The van der Waals surface area contributed by atoms with Crippen LogP contribution in [0.25, 0.3) is 10.9 Å². The highest BCUT2D eigenvalue weighted by atomic mass is 35.5. The molecule has 1 aromatic carbocycles. The molecule has 0 saturated carbocycles. The number of nitrogens with zero attached hydrogens (tertiary/aromatic N) is 3. The summed E-state index contributed by atoms with van der Waals surface area (Å²) in [6, 6.07) is 6.16. The van der Waals surface area contributed by atoms with Gasteiger partial charge in [-0.1, -0.05) is 11.6 Å². The number of carbonyl (C=O) groups excluding carboxylic acids is 3. The SMILES string of the molecule is CCOC(=O)N1CCC(NC(=O)c2nc3c(s2)CN(C)CC3)C(NC(=O)c2cc3cc(Cl)ccc3[nH]2)C1.Cl. The summed E-state index contributed by atoms with van der Waals surface area (Å²) in [4.78, 5) is 51.3. The zero-order valence-corrected chi connectivity index (χ0v) is 23.5. The van der Waals surface area contributed by atoms with Crippen molar-refractivity contribution in [2.45, 2.75) is 38.4 Å². The van der Waals surface area contributed by atoms with Crippen LogP contribution in [0.15, 0.2) is 24.3 Å². The molecule has 3 amide bonds. The maximum absolute atomic E-state index is 13.2. The van der Waals surface area contributed by atoms with Gasteiger partial charge < -0.3 is 30.2 Å². The summed E-state index contributed by atoms with van der Waals surface area (Å²) < 4.78 is 5.17. The molecule has 2 aromatic heterocycles. The number of benzene rings is 1. The third-order valence-electron chi connectivity index (χ3n) is 6.72. The van der Waals surface area contributed by atoms with Gasteiger partial charge in [-0.2, -0.15) is 0 Å². The van der Waals surface area contributed by atoms with Crippen molar-refractivity contribution in [3.8, 4) is 0 Å². The minimum atomic E-state index is -0.523. The highest BCUT2D eigenvalue weighted by Crippen LogP contribution is 2.25. The molecule has 4 heterocycles. The zero-order chi connectivity index (χ0) is 26.1. The minimum absolute atomic E-state index is 0. The van der Waals surface area contributed by atoms with Crippen molar-refractivity contribution < 1.29 is 19.1 Å². The van der Waals surface area contributed by atoms with Crippen LogP contribution in [0.1, 0.15) is 44.2 Å². The second-order valence-electron chi connectivity index (χ2n) is 9.38. The van der Waals surface area contributed by atoms with Gasteiger partial charge in [-0.05, 0) is 44.7 Å². The smallest absolute Gasteiger partial charge is 0.409 e. The molecule has 2 unspecified atom stereocenters. The third kappa shape index (κ3) is 6.06. The molecule has 204 valence electrons. The molecule has 1 saturated heterocycles. The maximum atomic E-state index is 13.2. The van der Waals surface area contributed by atoms with E-state index in [0.29, 0.717) is 28.7 Å². The van der Waals surface area contributed by atoms with Gasteiger partial charge in [-0.25, -0.2) is 9.78 Å². The van der Waals surface area contributed by atoms with Crippen LogP contribution < -0.4 is 10.6 Å². The Morgan fingerprint density at radius 3 is 2.76 bits per heavy atom. The number of rotatable bonds is 5. The highest BCUT2D eigenvalue weighted by molar-refractivity contribution is 7.13. The van der Waals surface area contributed by atoms with E-state index in [1.165, 1.54) is 11.3 Å². The molecule has 5 rings (SSSR count). The number of aromatic nitrogens is 2. The van der Waals surface area contributed by atoms with Crippen molar-refractivity contribution in [1.29, 1.82) is 0 Å². The molecule has 2 atom stereocenters. The van der Waals surface area contributed by atoms with Crippen LogP contribution in [-0.2, 0) is 17.7 Å². The molecule has 3 N–H and O–H groups in total. The fraction of sp³-hybridized carbons (Fsp3) is 0.440. The van der Waals surface area contributed by atoms with Gasteiger partial charge in [-0.3, -0.25) is 9.59 Å². The van der Waals surface area contributed by atoms with E-state index in [4.69, 9.17) is 16.3 Å². The zero-order valence-electron chi connectivity index (χ0n) is 21.1. The van der Waals surface area contributed by atoms with Gasteiger partial charge >= 0.3 is 6.09 Å². The number of piperidine rings is 1. The second kappa shape index (κ2) is 11.9. The lowest BCUT2D eigenvalue weighted by Gasteiger charge is -2.38. The van der Waals surface area contributed by atoms with E-state index in [1.54, 1.807) is 30.0 Å². The van der Waals surface area contributed by atoms with Gasteiger partial charge in [0, 0.05) is 53.4 Å². The number of amides is 3. The molecule has 2 aliphatic rings. The van der Waals surface area contributed by atoms with Crippen LogP contribution in [0.2, 0.25) is 5.02 Å². The number of hydrogen-bond acceptors (Lipinski definition) is 7. The van der Waals surface area contributed by atoms with Gasteiger partial charge in [0.05, 0.1) is 24.4 Å². The summed E-state index contributed by atoms with van der Waals surface area (Å²) in [7, 11) is 2.05. The number of likely N-dealkylation sites (tertiary alicyclic amines) is 1. The number of carbonyl (C=O) groups is 3. The number of nitrogens with one attached hydrogen (secondary N) is 3. The van der Waals surface area contributed by atoms with E-state index in [0.717, 1.165) is 41.0 Å². The van der Waals surface area contributed by atoms with Crippen LogP contribution in [0.3, 0.4) is 0 Å².